The first kappa shape index (κ1) is 23.6. The number of methoxy groups -OCH3 is 2. The second-order valence-electron chi connectivity index (χ2n) is 4.82. The van der Waals surface area contributed by atoms with Gasteiger partial charge in [-0.05, 0) is 25.5 Å². The van der Waals surface area contributed by atoms with Gasteiger partial charge in [0.05, 0.1) is 13.7 Å². The van der Waals surface area contributed by atoms with Crippen LogP contribution in [0.1, 0.15) is 18.9 Å². The number of halogens is 3. The highest BCUT2D eigenvalue weighted by atomic mass is 127. The number of hydrogen-bond donors (Lipinski definition) is 2. The summed E-state index contributed by atoms with van der Waals surface area (Å²) in [5.74, 6) is 1.11. The van der Waals surface area contributed by atoms with Crippen LogP contribution in [0.2, 0.25) is 0 Å². The Kier molecular flexibility index (Phi) is 13.1. The third-order valence-corrected chi connectivity index (χ3v) is 3.06. The summed E-state index contributed by atoms with van der Waals surface area (Å²) in [5, 5.41) is 6.25. The van der Waals surface area contributed by atoms with Gasteiger partial charge >= 0.3 is 6.61 Å². The van der Waals surface area contributed by atoms with Gasteiger partial charge in [-0.1, -0.05) is 0 Å². The number of rotatable bonds is 10. The number of nitrogens with one attached hydrogen (secondary N) is 2. The molecule has 2 N–H and O–H groups in total. The first-order valence-electron chi connectivity index (χ1n) is 7.73. The van der Waals surface area contributed by atoms with Crippen LogP contribution >= 0.6 is 24.0 Å². The predicted octanol–water partition coefficient (Wildman–Crippen LogP) is 3.01. The predicted molar refractivity (Wildman–Crippen MR) is 104 cm³/mol. The molecule has 0 atom stereocenters. The molecule has 0 fully saturated rings. The second kappa shape index (κ2) is 13.9. The largest absolute Gasteiger partial charge is 0.497 e. The second-order valence-corrected chi connectivity index (χ2v) is 4.82. The number of hydrogen-bond acceptors (Lipinski definition) is 4. The molecule has 0 saturated heterocycles. The lowest BCUT2D eigenvalue weighted by Crippen LogP contribution is -2.38. The van der Waals surface area contributed by atoms with Crippen LogP contribution in [0.3, 0.4) is 0 Å². The van der Waals surface area contributed by atoms with E-state index in [1.54, 1.807) is 19.2 Å². The topological polar surface area (TPSA) is 64.1 Å². The maximum atomic E-state index is 12.6. The molecule has 0 aliphatic carbocycles. The Labute approximate surface area is 164 Å². The highest BCUT2D eigenvalue weighted by Crippen LogP contribution is 2.27. The smallest absolute Gasteiger partial charge is 0.387 e. The quantitative estimate of drug-likeness (QED) is 0.237. The van der Waals surface area contributed by atoms with E-state index < -0.39 is 6.61 Å². The SMILES string of the molecule is CCNC(=NCc1ccc(OC)cc1OC(F)F)NCCCOC.I. The minimum Gasteiger partial charge on any atom is -0.497 e. The Bertz CT molecular complexity index is 519. The van der Waals surface area contributed by atoms with E-state index in [0.717, 1.165) is 6.42 Å². The zero-order valence-corrected chi connectivity index (χ0v) is 17.0. The summed E-state index contributed by atoms with van der Waals surface area (Å²) in [6, 6.07) is 4.77. The van der Waals surface area contributed by atoms with E-state index in [0.29, 0.717) is 37.0 Å². The number of aliphatic imine (C=N–C) groups is 1. The summed E-state index contributed by atoms with van der Waals surface area (Å²) in [7, 11) is 3.11. The molecule has 0 aromatic heterocycles. The fraction of sp³-hybridized carbons (Fsp3) is 0.562. The lowest BCUT2D eigenvalue weighted by molar-refractivity contribution is -0.0505. The van der Waals surface area contributed by atoms with Gasteiger partial charge in [-0.2, -0.15) is 8.78 Å². The van der Waals surface area contributed by atoms with Crippen LogP contribution in [0, 0.1) is 0 Å². The minimum absolute atomic E-state index is 0. The van der Waals surface area contributed by atoms with E-state index in [-0.39, 0.29) is 36.3 Å². The van der Waals surface area contributed by atoms with E-state index in [2.05, 4.69) is 20.4 Å². The van der Waals surface area contributed by atoms with Crippen LogP contribution in [0.25, 0.3) is 0 Å². The molecule has 1 aromatic carbocycles. The average molecular weight is 473 g/mol. The molecule has 0 unspecified atom stereocenters. The van der Waals surface area contributed by atoms with Gasteiger partial charge in [0, 0.05) is 38.4 Å². The van der Waals surface area contributed by atoms with Gasteiger partial charge < -0.3 is 24.8 Å². The van der Waals surface area contributed by atoms with Crippen molar-refractivity contribution in [2.24, 2.45) is 4.99 Å². The van der Waals surface area contributed by atoms with Crippen LogP contribution in [-0.4, -0.2) is 46.5 Å². The third-order valence-electron chi connectivity index (χ3n) is 3.06. The molecule has 0 aliphatic rings. The van der Waals surface area contributed by atoms with Gasteiger partial charge in [-0.3, -0.25) is 0 Å². The van der Waals surface area contributed by atoms with Crippen molar-refractivity contribution in [3.63, 3.8) is 0 Å². The van der Waals surface area contributed by atoms with Gasteiger partial charge in [-0.15, -0.1) is 24.0 Å². The average Bonchev–Trinajstić information content (AvgIpc) is 2.56. The number of guanidine groups is 1. The Hall–Kier alpha value is -1.36. The first-order valence-corrected chi connectivity index (χ1v) is 7.73. The van der Waals surface area contributed by atoms with E-state index in [1.807, 2.05) is 6.92 Å². The first-order chi connectivity index (χ1) is 11.6. The normalized spacial score (nSPS) is 11.0. The molecule has 6 nitrogen and oxygen atoms in total. The maximum absolute atomic E-state index is 12.6. The standard InChI is InChI=1S/C16H25F2N3O3.HI/c1-4-19-16(20-8-5-9-22-2)21-11-12-6-7-13(23-3)10-14(12)24-15(17)18;/h6-7,10,15H,4-5,8-9,11H2,1-3H3,(H2,19,20,21);1H. The number of benzene rings is 1. The summed E-state index contributed by atoms with van der Waals surface area (Å²) in [6.45, 7) is 1.29. The fourth-order valence-electron chi connectivity index (χ4n) is 1.93. The number of alkyl halides is 2. The Morgan fingerprint density at radius 1 is 1.24 bits per heavy atom. The lowest BCUT2D eigenvalue weighted by atomic mass is 10.2. The minimum atomic E-state index is -2.90. The molecular formula is C16H26F2IN3O3. The molecule has 1 rings (SSSR count). The maximum Gasteiger partial charge on any atom is 0.387 e. The molecule has 9 heteroatoms. The molecular weight excluding hydrogens is 447 g/mol. The fourth-order valence-corrected chi connectivity index (χ4v) is 1.93. The zero-order valence-electron chi connectivity index (χ0n) is 14.7. The lowest BCUT2D eigenvalue weighted by Gasteiger charge is -2.13. The molecule has 0 radical (unpaired) electrons. The van der Waals surface area contributed by atoms with Crippen molar-refractivity contribution < 1.29 is 23.0 Å². The summed E-state index contributed by atoms with van der Waals surface area (Å²) < 4.78 is 39.7. The number of nitrogens with zero attached hydrogens (tertiary/aromatic N) is 1. The molecule has 1 aromatic rings. The van der Waals surface area contributed by atoms with Crippen LogP contribution in [-0.2, 0) is 11.3 Å². The van der Waals surface area contributed by atoms with Crippen molar-refractivity contribution in [3.05, 3.63) is 23.8 Å². The Balaban J connectivity index is 0.00000576. The molecule has 144 valence electrons. The van der Waals surface area contributed by atoms with Gasteiger partial charge in [-0.25, -0.2) is 4.99 Å². The highest BCUT2D eigenvalue weighted by molar-refractivity contribution is 14.0. The van der Waals surface area contributed by atoms with Crippen molar-refractivity contribution in [3.8, 4) is 11.5 Å². The van der Waals surface area contributed by atoms with Gasteiger partial charge in [0.25, 0.3) is 0 Å². The third kappa shape index (κ3) is 9.63. The molecule has 0 heterocycles. The molecule has 0 bridgehead atoms. The van der Waals surface area contributed by atoms with Crippen LogP contribution in [0.4, 0.5) is 8.78 Å². The van der Waals surface area contributed by atoms with Crippen molar-refractivity contribution in [2.75, 3.05) is 33.9 Å². The molecule has 25 heavy (non-hydrogen) atoms. The molecule has 0 spiro atoms. The summed E-state index contributed by atoms with van der Waals surface area (Å²) in [5.41, 5.74) is 0.546. The Morgan fingerprint density at radius 2 is 2.00 bits per heavy atom. The number of ether oxygens (including phenoxy) is 3. The van der Waals surface area contributed by atoms with Crippen LogP contribution < -0.4 is 20.1 Å². The van der Waals surface area contributed by atoms with Crippen molar-refractivity contribution in [1.29, 1.82) is 0 Å². The van der Waals surface area contributed by atoms with Gasteiger partial charge in [0.1, 0.15) is 11.5 Å². The summed E-state index contributed by atoms with van der Waals surface area (Å²) >= 11 is 0. The highest BCUT2D eigenvalue weighted by Gasteiger charge is 2.11. The van der Waals surface area contributed by atoms with Crippen LogP contribution in [0.5, 0.6) is 11.5 Å². The summed E-state index contributed by atoms with van der Waals surface area (Å²) in [4.78, 5) is 4.39. The monoisotopic (exact) mass is 473 g/mol. The summed E-state index contributed by atoms with van der Waals surface area (Å²) in [6.07, 6.45) is 0.837. The van der Waals surface area contributed by atoms with E-state index in [4.69, 9.17) is 9.47 Å². The Morgan fingerprint density at radius 3 is 2.60 bits per heavy atom. The van der Waals surface area contributed by atoms with Gasteiger partial charge in [0.15, 0.2) is 5.96 Å². The molecule has 0 amide bonds. The van der Waals surface area contributed by atoms with Gasteiger partial charge in [0.2, 0.25) is 0 Å². The van der Waals surface area contributed by atoms with Crippen molar-refractivity contribution in [1.82, 2.24) is 10.6 Å². The zero-order chi connectivity index (χ0) is 17.8. The van der Waals surface area contributed by atoms with E-state index in [1.165, 1.54) is 13.2 Å². The van der Waals surface area contributed by atoms with Crippen LogP contribution in [0.15, 0.2) is 23.2 Å². The molecule has 0 aliphatic heterocycles. The van der Waals surface area contributed by atoms with E-state index in [9.17, 15) is 8.78 Å². The van der Waals surface area contributed by atoms with E-state index >= 15 is 0 Å². The van der Waals surface area contributed by atoms with Crippen molar-refractivity contribution >= 4 is 29.9 Å². The van der Waals surface area contributed by atoms with Crippen molar-refractivity contribution in [2.45, 2.75) is 26.5 Å². The molecule has 0 saturated carbocycles.